The van der Waals surface area contributed by atoms with E-state index in [0.29, 0.717) is 0 Å². The van der Waals surface area contributed by atoms with Crippen LogP contribution in [-0.4, -0.2) is 37.2 Å². The summed E-state index contributed by atoms with van der Waals surface area (Å²) in [5.74, 6) is -0.518. The van der Waals surface area contributed by atoms with Gasteiger partial charge in [0.15, 0.2) is 5.79 Å². The Labute approximate surface area is 147 Å². The van der Waals surface area contributed by atoms with Crippen molar-refractivity contribution in [3.05, 3.63) is 35.9 Å². The van der Waals surface area contributed by atoms with Crippen molar-refractivity contribution < 1.29 is 9.47 Å². The Morgan fingerprint density at radius 3 is 2.58 bits per heavy atom. The molecule has 0 aliphatic carbocycles. The molecule has 1 aromatic rings. The lowest BCUT2D eigenvalue weighted by Gasteiger charge is -2.31. The van der Waals surface area contributed by atoms with Crippen molar-refractivity contribution in [2.45, 2.75) is 70.2 Å². The van der Waals surface area contributed by atoms with E-state index in [4.69, 9.17) is 9.47 Å². The third-order valence-electron chi connectivity index (χ3n) is 5.34. The highest BCUT2D eigenvalue weighted by Gasteiger charge is 2.43. The van der Waals surface area contributed by atoms with Crippen molar-refractivity contribution >= 4 is 0 Å². The number of hydrogen-bond acceptors (Lipinski definition) is 3. The summed E-state index contributed by atoms with van der Waals surface area (Å²) in [4.78, 5) is 2.55. The average molecular weight is 332 g/mol. The third kappa shape index (κ3) is 4.59. The van der Waals surface area contributed by atoms with Crippen molar-refractivity contribution in [2.24, 2.45) is 0 Å². The molecule has 2 saturated heterocycles. The van der Waals surface area contributed by atoms with Crippen LogP contribution in [0.3, 0.4) is 0 Å². The van der Waals surface area contributed by atoms with Crippen molar-refractivity contribution in [1.82, 2.24) is 4.90 Å². The van der Waals surface area contributed by atoms with E-state index in [-0.39, 0.29) is 6.10 Å². The Morgan fingerprint density at radius 2 is 1.83 bits per heavy atom. The summed E-state index contributed by atoms with van der Waals surface area (Å²) in [6, 6.07) is 10.6. The second-order valence-corrected chi connectivity index (χ2v) is 7.34. The Kier molecular flexibility index (Phi) is 6.70. The molecule has 2 fully saturated rings. The maximum absolute atomic E-state index is 6.55. The molecule has 0 saturated carbocycles. The van der Waals surface area contributed by atoms with E-state index in [1.54, 1.807) is 0 Å². The SMILES string of the molecule is CCCCCCC1(c2ccccc2)OCC(CN2CCCCC2)O1. The smallest absolute Gasteiger partial charge is 0.195 e. The van der Waals surface area contributed by atoms with Crippen LogP contribution in [0, 0.1) is 0 Å². The van der Waals surface area contributed by atoms with Crippen LogP contribution in [0.25, 0.3) is 0 Å². The van der Waals surface area contributed by atoms with E-state index in [0.717, 1.165) is 19.6 Å². The highest BCUT2D eigenvalue weighted by molar-refractivity contribution is 5.21. The molecule has 2 heterocycles. The van der Waals surface area contributed by atoms with Gasteiger partial charge in [0.2, 0.25) is 0 Å². The molecule has 0 aromatic heterocycles. The van der Waals surface area contributed by atoms with Crippen molar-refractivity contribution in [3.8, 4) is 0 Å². The predicted molar refractivity (Wildman–Crippen MR) is 98.0 cm³/mol. The Morgan fingerprint density at radius 1 is 1.04 bits per heavy atom. The average Bonchev–Trinajstić information content (AvgIpc) is 3.05. The molecule has 2 aliphatic rings. The molecule has 3 heteroatoms. The van der Waals surface area contributed by atoms with Gasteiger partial charge in [0.1, 0.15) is 0 Å². The van der Waals surface area contributed by atoms with Gasteiger partial charge in [-0.3, -0.25) is 0 Å². The van der Waals surface area contributed by atoms with E-state index in [1.807, 2.05) is 0 Å². The van der Waals surface area contributed by atoms with E-state index in [2.05, 4.69) is 42.2 Å². The molecule has 3 nitrogen and oxygen atoms in total. The molecule has 0 bridgehead atoms. The Bertz CT molecular complexity index is 472. The monoisotopic (exact) mass is 331 g/mol. The zero-order chi connectivity index (χ0) is 16.7. The van der Waals surface area contributed by atoms with E-state index >= 15 is 0 Å². The molecule has 0 amide bonds. The number of rotatable bonds is 8. The second kappa shape index (κ2) is 8.98. The summed E-state index contributed by atoms with van der Waals surface area (Å²) >= 11 is 0. The van der Waals surface area contributed by atoms with E-state index < -0.39 is 5.79 Å². The molecule has 2 aliphatic heterocycles. The number of likely N-dealkylation sites (tertiary alicyclic amines) is 1. The first-order valence-corrected chi connectivity index (χ1v) is 9.92. The number of hydrogen-bond donors (Lipinski definition) is 0. The maximum atomic E-state index is 6.55. The van der Waals surface area contributed by atoms with Crippen molar-refractivity contribution in [1.29, 1.82) is 0 Å². The molecular weight excluding hydrogens is 298 g/mol. The highest BCUT2D eigenvalue weighted by atomic mass is 16.7. The van der Waals surface area contributed by atoms with Crippen LogP contribution in [-0.2, 0) is 15.3 Å². The topological polar surface area (TPSA) is 21.7 Å². The molecule has 134 valence electrons. The van der Waals surface area contributed by atoms with Gasteiger partial charge in [-0.1, -0.05) is 62.9 Å². The number of ether oxygens (including phenoxy) is 2. The molecule has 3 rings (SSSR count). The molecule has 0 radical (unpaired) electrons. The number of benzene rings is 1. The first-order chi connectivity index (χ1) is 11.8. The lowest BCUT2D eigenvalue weighted by molar-refractivity contribution is -0.184. The zero-order valence-electron chi connectivity index (χ0n) is 15.2. The van der Waals surface area contributed by atoms with Crippen LogP contribution in [0.5, 0.6) is 0 Å². The minimum atomic E-state index is -0.518. The van der Waals surface area contributed by atoms with Gasteiger partial charge in [0.25, 0.3) is 0 Å². The van der Waals surface area contributed by atoms with E-state index in [1.165, 1.54) is 63.6 Å². The van der Waals surface area contributed by atoms with Crippen molar-refractivity contribution in [3.63, 3.8) is 0 Å². The first kappa shape index (κ1) is 17.9. The maximum Gasteiger partial charge on any atom is 0.195 e. The van der Waals surface area contributed by atoms with Gasteiger partial charge in [-0.25, -0.2) is 0 Å². The van der Waals surface area contributed by atoms with Gasteiger partial charge in [-0.05, 0) is 32.4 Å². The lowest BCUT2D eigenvalue weighted by Crippen LogP contribution is -2.38. The van der Waals surface area contributed by atoms with Gasteiger partial charge in [-0.15, -0.1) is 0 Å². The molecule has 24 heavy (non-hydrogen) atoms. The van der Waals surface area contributed by atoms with Gasteiger partial charge in [0.05, 0.1) is 12.7 Å². The fourth-order valence-corrected chi connectivity index (χ4v) is 3.99. The summed E-state index contributed by atoms with van der Waals surface area (Å²) in [6.45, 7) is 6.43. The second-order valence-electron chi connectivity index (χ2n) is 7.34. The number of unbranched alkanes of at least 4 members (excludes halogenated alkanes) is 3. The third-order valence-corrected chi connectivity index (χ3v) is 5.34. The predicted octanol–water partition coefficient (Wildman–Crippen LogP) is 4.71. The van der Waals surface area contributed by atoms with Crippen LogP contribution in [0.15, 0.2) is 30.3 Å². The van der Waals surface area contributed by atoms with Crippen LogP contribution >= 0.6 is 0 Å². The molecule has 2 unspecified atom stereocenters. The summed E-state index contributed by atoms with van der Waals surface area (Å²) in [5, 5.41) is 0. The molecule has 2 atom stereocenters. The highest BCUT2D eigenvalue weighted by Crippen LogP contribution is 2.39. The zero-order valence-corrected chi connectivity index (χ0v) is 15.2. The van der Waals surface area contributed by atoms with Crippen LogP contribution in [0.2, 0.25) is 0 Å². The van der Waals surface area contributed by atoms with Crippen LogP contribution in [0.1, 0.15) is 63.9 Å². The molecule has 0 spiro atoms. The van der Waals surface area contributed by atoms with Gasteiger partial charge >= 0.3 is 0 Å². The van der Waals surface area contributed by atoms with Crippen LogP contribution in [0.4, 0.5) is 0 Å². The largest absolute Gasteiger partial charge is 0.343 e. The summed E-state index contributed by atoms with van der Waals surface area (Å²) < 4.78 is 12.9. The van der Waals surface area contributed by atoms with Gasteiger partial charge < -0.3 is 14.4 Å². The number of piperidine rings is 1. The molecule has 0 N–H and O–H groups in total. The van der Waals surface area contributed by atoms with Gasteiger partial charge in [0, 0.05) is 18.5 Å². The standard InChI is InChI=1S/C21H33NO2/c1-2-3-4-9-14-21(19-12-7-5-8-13-19)23-18-20(24-21)17-22-15-10-6-11-16-22/h5,7-8,12-13,20H,2-4,6,9-11,14-18H2,1H3. The minimum Gasteiger partial charge on any atom is -0.343 e. The lowest BCUT2D eigenvalue weighted by atomic mass is 9.98. The molecular formula is C21H33NO2. The van der Waals surface area contributed by atoms with E-state index in [9.17, 15) is 0 Å². The Balaban J connectivity index is 1.62. The fourth-order valence-electron chi connectivity index (χ4n) is 3.99. The van der Waals surface area contributed by atoms with Crippen LogP contribution < -0.4 is 0 Å². The summed E-state index contributed by atoms with van der Waals surface area (Å²) in [5.41, 5.74) is 1.18. The minimum absolute atomic E-state index is 0.203. The molecule has 1 aromatic carbocycles. The quantitative estimate of drug-likeness (QED) is 0.644. The van der Waals surface area contributed by atoms with Gasteiger partial charge in [-0.2, -0.15) is 0 Å². The van der Waals surface area contributed by atoms with Crippen molar-refractivity contribution in [2.75, 3.05) is 26.2 Å². The first-order valence-electron chi connectivity index (χ1n) is 9.92. The fraction of sp³-hybridized carbons (Fsp3) is 0.714. The Hall–Kier alpha value is -0.900. The summed E-state index contributed by atoms with van der Waals surface area (Å²) in [6.07, 6.45) is 10.2. The normalized spacial score (nSPS) is 28.3. The summed E-state index contributed by atoms with van der Waals surface area (Å²) in [7, 11) is 0. The number of nitrogens with zero attached hydrogens (tertiary/aromatic N) is 1.